The lowest BCUT2D eigenvalue weighted by atomic mass is 9.77. The van der Waals surface area contributed by atoms with E-state index < -0.39 is 29.6 Å². The number of carboxylic acid groups (broad SMARTS) is 1. The number of rotatable bonds is 13. The molecule has 2 aromatic carbocycles. The summed E-state index contributed by atoms with van der Waals surface area (Å²) in [5, 5.41) is 10.7. The second-order valence-electron chi connectivity index (χ2n) is 14.4. The number of aliphatic carboxylic acids is 1. The van der Waals surface area contributed by atoms with Crippen molar-refractivity contribution in [1.29, 1.82) is 0 Å². The van der Waals surface area contributed by atoms with Crippen LogP contribution in [0.3, 0.4) is 0 Å². The van der Waals surface area contributed by atoms with Crippen molar-refractivity contribution in [1.82, 2.24) is 4.90 Å². The molecule has 0 unspecified atom stereocenters. The van der Waals surface area contributed by atoms with Crippen molar-refractivity contribution in [3.8, 4) is 11.5 Å². The maximum absolute atomic E-state index is 14.3. The molecule has 0 radical (unpaired) electrons. The van der Waals surface area contributed by atoms with Crippen molar-refractivity contribution in [3.05, 3.63) is 53.6 Å². The van der Waals surface area contributed by atoms with E-state index in [0.29, 0.717) is 44.2 Å². The predicted molar refractivity (Wildman–Crippen MR) is 171 cm³/mol. The third-order valence-corrected chi connectivity index (χ3v) is 9.11. The van der Waals surface area contributed by atoms with E-state index in [4.69, 9.17) is 18.9 Å². The molecule has 3 aliphatic heterocycles. The van der Waals surface area contributed by atoms with E-state index in [-0.39, 0.29) is 25.2 Å². The van der Waals surface area contributed by atoms with Crippen LogP contribution in [0.4, 0.5) is 5.69 Å². The number of amides is 1. The second kappa shape index (κ2) is 13.7. The predicted octanol–water partition coefficient (Wildman–Crippen LogP) is 4.71. The zero-order valence-electron chi connectivity index (χ0n) is 27.7. The molecule has 1 amide bonds. The number of likely N-dealkylation sites (tertiary alicyclic amines) is 1. The molecule has 3 heterocycles. The van der Waals surface area contributed by atoms with Gasteiger partial charge in [-0.25, -0.2) is 0 Å². The number of hydrogen-bond donors (Lipinski definition) is 1. The van der Waals surface area contributed by atoms with Crippen LogP contribution in [0.2, 0.25) is 0 Å². The Bertz CT molecular complexity index is 1350. The highest BCUT2D eigenvalue weighted by Crippen LogP contribution is 2.46. The number of ether oxygens (including phenoxy) is 4. The van der Waals surface area contributed by atoms with Gasteiger partial charge in [0, 0.05) is 41.7 Å². The van der Waals surface area contributed by atoms with Gasteiger partial charge < -0.3 is 33.4 Å². The number of carboxylic acids is 1. The Hall–Kier alpha value is -3.18. The first-order valence-corrected chi connectivity index (χ1v) is 16.2. The Morgan fingerprint density at radius 2 is 1.78 bits per heavy atom. The summed E-state index contributed by atoms with van der Waals surface area (Å²) in [7, 11) is 6.45. The molecule has 0 saturated carbocycles. The monoisotopic (exact) mass is 624 g/mol. The van der Waals surface area contributed by atoms with Gasteiger partial charge in [-0.1, -0.05) is 45.4 Å². The van der Waals surface area contributed by atoms with E-state index in [9.17, 15) is 14.7 Å². The summed E-state index contributed by atoms with van der Waals surface area (Å²) in [6, 6.07) is 13.5. The minimum absolute atomic E-state index is 0.0301. The number of fused-ring (bicyclic) bond motifs is 1. The fourth-order valence-electron chi connectivity index (χ4n) is 7.02. The molecule has 2 saturated heterocycles. The molecule has 0 aromatic heterocycles. The highest BCUT2D eigenvalue weighted by Gasteiger charge is 2.50. The van der Waals surface area contributed by atoms with E-state index >= 15 is 0 Å². The van der Waals surface area contributed by atoms with Crippen LogP contribution in [0, 0.1) is 11.3 Å². The summed E-state index contributed by atoms with van der Waals surface area (Å²) < 4.78 is 23.7. The number of carbonyl (C=O) groups is 2. The van der Waals surface area contributed by atoms with E-state index in [0.717, 1.165) is 35.1 Å². The van der Waals surface area contributed by atoms with Crippen LogP contribution in [-0.2, 0) is 25.6 Å². The van der Waals surface area contributed by atoms with Crippen LogP contribution in [0.15, 0.2) is 42.5 Å². The molecule has 10 heteroatoms. The zero-order chi connectivity index (χ0) is 32.4. The summed E-state index contributed by atoms with van der Waals surface area (Å²) >= 11 is 0. The van der Waals surface area contributed by atoms with E-state index in [2.05, 4.69) is 58.9 Å². The first kappa shape index (κ1) is 33.2. The number of nitrogens with zero attached hydrogens (tertiary/aromatic N) is 3. The van der Waals surface area contributed by atoms with Crippen molar-refractivity contribution in [2.24, 2.45) is 11.3 Å². The SMILES string of the molecule is CCCCN(C(=O)CN1C[C@H](c2ccc3c(c2)OCO3)[C@@H](C(=O)O)[C@@H]1CC(C)(C)C1OCCO1)c1cccc(C[N+](C)(C)C)c1. The van der Waals surface area contributed by atoms with Crippen LogP contribution in [0.5, 0.6) is 11.5 Å². The summed E-state index contributed by atoms with van der Waals surface area (Å²) in [6.45, 7) is 9.40. The summed E-state index contributed by atoms with van der Waals surface area (Å²) in [4.78, 5) is 31.3. The van der Waals surface area contributed by atoms with Crippen molar-refractivity contribution < 1.29 is 38.1 Å². The normalized spacial score (nSPS) is 22.2. The van der Waals surface area contributed by atoms with Gasteiger partial charge in [-0.05, 0) is 42.7 Å². The lowest BCUT2D eigenvalue weighted by Gasteiger charge is -2.37. The molecule has 2 fully saturated rings. The Kier molecular flexibility index (Phi) is 10.1. The average Bonchev–Trinajstić information content (AvgIpc) is 3.73. The van der Waals surface area contributed by atoms with Crippen LogP contribution >= 0.6 is 0 Å². The first-order chi connectivity index (χ1) is 21.4. The molecule has 10 nitrogen and oxygen atoms in total. The standard InChI is InChI=1S/C35H49N3O7/c1-7-8-14-37(26-11-9-10-24(17-26)22-38(4,5)6)31(39)21-36-20-27(25-12-13-29-30(18-25)45-23-44-29)32(33(40)41)28(36)19-35(2,3)34-42-15-16-43-34/h9-13,17-18,27-28,32,34H,7-8,14-16,19-23H2,1-6H3/p+1/t27-,28+,32-/m1/s1. The van der Waals surface area contributed by atoms with Crippen molar-refractivity contribution in [3.63, 3.8) is 0 Å². The quantitative estimate of drug-likeness (QED) is 0.320. The van der Waals surface area contributed by atoms with Gasteiger partial charge in [-0.2, -0.15) is 0 Å². The Morgan fingerprint density at radius 1 is 1.04 bits per heavy atom. The molecule has 5 rings (SSSR count). The highest BCUT2D eigenvalue weighted by molar-refractivity contribution is 5.95. The first-order valence-electron chi connectivity index (χ1n) is 16.2. The molecule has 3 atom stereocenters. The molecule has 45 heavy (non-hydrogen) atoms. The second-order valence-corrected chi connectivity index (χ2v) is 14.4. The van der Waals surface area contributed by atoms with Gasteiger partial charge in [0.1, 0.15) is 6.54 Å². The molecule has 0 bridgehead atoms. The summed E-state index contributed by atoms with van der Waals surface area (Å²) in [5.41, 5.74) is 2.45. The Morgan fingerprint density at radius 3 is 2.47 bits per heavy atom. The van der Waals surface area contributed by atoms with Crippen molar-refractivity contribution in [2.45, 2.75) is 64.8 Å². The fraction of sp³-hybridized carbons (Fsp3) is 0.600. The lowest BCUT2D eigenvalue weighted by Crippen LogP contribution is -2.47. The fourth-order valence-corrected chi connectivity index (χ4v) is 7.02. The van der Waals surface area contributed by atoms with Crippen molar-refractivity contribution >= 4 is 17.6 Å². The van der Waals surface area contributed by atoms with E-state index in [1.54, 1.807) is 0 Å². The highest BCUT2D eigenvalue weighted by atomic mass is 16.7. The smallest absolute Gasteiger partial charge is 0.308 e. The van der Waals surface area contributed by atoms with Crippen LogP contribution in [0.1, 0.15) is 57.1 Å². The van der Waals surface area contributed by atoms with Crippen LogP contribution in [-0.4, -0.2) is 99.5 Å². The molecular weight excluding hydrogens is 574 g/mol. The van der Waals surface area contributed by atoms with E-state index in [1.165, 1.54) is 5.56 Å². The number of hydrogen-bond acceptors (Lipinski definition) is 7. The Labute approximate surface area is 267 Å². The minimum Gasteiger partial charge on any atom is -0.481 e. The van der Waals surface area contributed by atoms with Gasteiger partial charge in [-0.3, -0.25) is 14.5 Å². The third-order valence-electron chi connectivity index (χ3n) is 9.11. The summed E-state index contributed by atoms with van der Waals surface area (Å²) in [5.74, 6) is -0.711. The van der Waals surface area contributed by atoms with Crippen molar-refractivity contribution in [2.75, 3.05) is 65.7 Å². The number of quaternary nitrogens is 1. The number of unbranched alkanes of at least 4 members (excludes halogenated alkanes) is 1. The third kappa shape index (κ3) is 7.80. The topological polar surface area (TPSA) is 97.8 Å². The molecule has 0 spiro atoms. The van der Waals surface area contributed by atoms with Gasteiger partial charge in [-0.15, -0.1) is 0 Å². The Balaban J connectivity index is 1.46. The van der Waals surface area contributed by atoms with Gasteiger partial charge >= 0.3 is 5.97 Å². The number of anilines is 1. The lowest BCUT2D eigenvalue weighted by molar-refractivity contribution is -0.884. The molecule has 246 valence electrons. The van der Waals surface area contributed by atoms with Gasteiger partial charge in [0.2, 0.25) is 12.7 Å². The minimum atomic E-state index is -0.877. The van der Waals surface area contributed by atoms with Crippen LogP contribution < -0.4 is 14.4 Å². The molecule has 0 aliphatic carbocycles. The molecule has 2 aromatic rings. The molecule has 3 aliphatic rings. The maximum atomic E-state index is 14.3. The average molecular weight is 625 g/mol. The number of benzene rings is 2. The maximum Gasteiger partial charge on any atom is 0.308 e. The largest absolute Gasteiger partial charge is 0.481 e. The molecule has 1 N–H and O–H groups in total. The van der Waals surface area contributed by atoms with Gasteiger partial charge in [0.25, 0.3) is 0 Å². The summed E-state index contributed by atoms with van der Waals surface area (Å²) in [6.07, 6.45) is 1.89. The van der Waals surface area contributed by atoms with E-state index in [1.807, 2.05) is 35.2 Å². The molecular formula is C35H50N3O7+. The van der Waals surface area contributed by atoms with Crippen LogP contribution in [0.25, 0.3) is 0 Å². The number of carbonyl (C=O) groups excluding carboxylic acids is 1. The van der Waals surface area contributed by atoms with Gasteiger partial charge in [0.05, 0.1) is 46.8 Å². The zero-order valence-corrected chi connectivity index (χ0v) is 27.7. The van der Waals surface area contributed by atoms with Gasteiger partial charge in [0.15, 0.2) is 17.8 Å².